The van der Waals surface area contributed by atoms with Crippen molar-refractivity contribution in [3.05, 3.63) is 82.4 Å². The number of anilines is 2. The van der Waals surface area contributed by atoms with Gasteiger partial charge in [-0.2, -0.15) is 13.2 Å². The zero-order valence-corrected chi connectivity index (χ0v) is 19.7. The van der Waals surface area contributed by atoms with Gasteiger partial charge in [0.05, 0.1) is 35.4 Å². The number of benzene rings is 3. The highest BCUT2D eigenvalue weighted by atomic mass is 35.5. The van der Waals surface area contributed by atoms with Crippen LogP contribution in [0.5, 0.6) is 5.75 Å². The summed E-state index contributed by atoms with van der Waals surface area (Å²) in [4.78, 5) is 25.7. The summed E-state index contributed by atoms with van der Waals surface area (Å²) in [5.74, 6) is -0.714. The van der Waals surface area contributed by atoms with Gasteiger partial charge in [-0.3, -0.25) is 9.59 Å². The number of amides is 2. The molecule has 0 unspecified atom stereocenters. The Labute approximate surface area is 203 Å². The van der Waals surface area contributed by atoms with Gasteiger partial charge >= 0.3 is 6.18 Å². The molecule has 0 fully saturated rings. The van der Waals surface area contributed by atoms with Crippen molar-refractivity contribution in [3.8, 4) is 5.75 Å². The molecule has 0 spiro atoms. The van der Waals surface area contributed by atoms with Gasteiger partial charge in [0.15, 0.2) is 0 Å². The highest BCUT2D eigenvalue weighted by Crippen LogP contribution is 2.33. The lowest BCUT2D eigenvalue weighted by Gasteiger charge is -2.14. The molecule has 2 amide bonds. The molecule has 0 atom stereocenters. The quantitative estimate of drug-likeness (QED) is 0.350. The fourth-order valence-corrected chi connectivity index (χ4v) is 3.92. The number of halogens is 4. The average Bonchev–Trinajstić information content (AvgIpc) is 2.80. The maximum Gasteiger partial charge on any atom is 0.416 e. The maximum absolute atomic E-state index is 12.9. The Morgan fingerprint density at radius 1 is 1.00 bits per heavy atom. The van der Waals surface area contributed by atoms with Gasteiger partial charge in [0, 0.05) is 16.0 Å². The number of carbonyl (C=O) groups is 2. The van der Waals surface area contributed by atoms with E-state index in [1.165, 1.54) is 19.2 Å². The van der Waals surface area contributed by atoms with Crippen molar-refractivity contribution in [3.63, 3.8) is 0 Å². The summed E-state index contributed by atoms with van der Waals surface area (Å²) in [7, 11) is 1.45. The van der Waals surface area contributed by atoms with E-state index < -0.39 is 23.6 Å². The zero-order valence-electron chi connectivity index (χ0n) is 18.1. The van der Waals surface area contributed by atoms with Crippen LogP contribution in [0.1, 0.15) is 21.5 Å². The van der Waals surface area contributed by atoms with Gasteiger partial charge in [-0.15, -0.1) is 11.8 Å². The molecule has 2 N–H and O–H groups in total. The summed E-state index contributed by atoms with van der Waals surface area (Å²) in [6.45, 7) is 1.79. The molecule has 0 radical (unpaired) electrons. The van der Waals surface area contributed by atoms with Gasteiger partial charge in [0.2, 0.25) is 5.91 Å². The fourth-order valence-electron chi connectivity index (χ4n) is 3.01. The number of para-hydroxylation sites is 1. The van der Waals surface area contributed by atoms with E-state index in [2.05, 4.69) is 10.6 Å². The minimum absolute atomic E-state index is 0.137. The predicted octanol–water partition coefficient (Wildman–Crippen LogP) is 6.66. The molecule has 5 nitrogen and oxygen atoms in total. The molecule has 3 rings (SSSR count). The molecule has 3 aromatic carbocycles. The molecule has 10 heteroatoms. The lowest BCUT2D eigenvalue weighted by atomic mass is 10.1. The van der Waals surface area contributed by atoms with E-state index in [9.17, 15) is 22.8 Å². The number of hydrogen-bond acceptors (Lipinski definition) is 4. The molecule has 0 bridgehead atoms. The second kappa shape index (κ2) is 10.8. The standard InChI is InChI=1S/C24H20ClF3N2O3S/c1-14-10-20(21(33-2)12-18(14)25)30-23(32)17-8-3-4-9-19(17)29-22(31)13-34-16-7-5-6-15(11-16)24(26,27)28/h3-12H,13H2,1-2H3,(H,29,31)(H,30,32). The third kappa shape index (κ3) is 6.45. The molecule has 178 valence electrons. The molecule has 0 heterocycles. The van der Waals surface area contributed by atoms with Crippen LogP contribution in [0.4, 0.5) is 24.5 Å². The first-order chi connectivity index (χ1) is 16.1. The van der Waals surface area contributed by atoms with E-state index >= 15 is 0 Å². The Balaban J connectivity index is 1.70. The van der Waals surface area contributed by atoms with E-state index in [0.29, 0.717) is 21.4 Å². The first-order valence-corrected chi connectivity index (χ1v) is 11.3. The first-order valence-electron chi connectivity index (χ1n) is 9.93. The summed E-state index contributed by atoms with van der Waals surface area (Å²) in [6.07, 6.45) is -4.46. The topological polar surface area (TPSA) is 67.4 Å². The third-order valence-electron chi connectivity index (χ3n) is 4.71. The van der Waals surface area contributed by atoms with Gasteiger partial charge < -0.3 is 15.4 Å². The molecule has 0 saturated carbocycles. The van der Waals surface area contributed by atoms with E-state index in [4.69, 9.17) is 16.3 Å². The summed E-state index contributed by atoms with van der Waals surface area (Å²) >= 11 is 7.07. The van der Waals surface area contributed by atoms with Crippen molar-refractivity contribution < 1.29 is 27.5 Å². The molecular formula is C24H20ClF3N2O3S. The van der Waals surface area contributed by atoms with Crippen LogP contribution in [-0.4, -0.2) is 24.7 Å². The van der Waals surface area contributed by atoms with Crippen LogP contribution >= 0.6 is 23.4 Å². The van der Waals surface area contributed by atoms with E-state index in [1.807, 2.05) is 0 Å². The Morgan fingerprint density at radius 2 is 1.74 bits per heavy atom. The number of rotatable bonds is 7. The second-order valence-electron chi connectivity index (χ2n) is 7.16. The molecule has 0 aliphatic heterocycles. The Hall–Kier alpha value is -3.17. The Morgan fingerprint density at radius 3 is 2.44 bits per heavy atom. The van der Waals surface area contributed by atoms with Gasteiger partial charge in [-0.05, 0) is 48.9 Å². The molecule has 0 aliphatic carbocycles. The summed E-state index contributed by atoms with van der Waals surface area (Å²) in [5, 5.41) is 5.89. The summed E-state index contributed by atoms with van der Waals surface area (Å²) in [5.41, 5.74) is 0.836. The van der Waals surface area contributed by atoms with E-state index in [-0.39, 0.29) is 17.0 Å². The monoisotopic (exact) mass is 508 g/mol. The van der Waals surface area contributed by atoms with Crippen LogP contribution in [-0.2, 0) is 11.0 Å². The number of methoxy groups -OCH3 is 1. The number of hydrogen-bond donors (Lipinski definition) is 2. The normalized spacial score (nSPS) is 11.1. The van der Waals surface area contributed by atoms with Crippen LogP contribution in [0.3, 0.4) is 0 Å². The molecule has 0 aromatic heterocycles. The zero-order chi connectivity index (χ0) is 24.9. The largest absolute Gasteiger partial charge is 0.495 e. The number of ether oxygens (including phenoxy) is 1. The number of aryl methyl sites for hydroxylation is 1. The van der Waals surface area contributed by atoms with Crippen molar-refractivity contribution in [2.24, 2.45) is 0 Å². The molecule has 0 aliphatic rings. The van der Waals surface area contributed by atoms with Crippen LogP contribution in [0, 0.1) is 6.92 Å². The second-order valence-corrected chi connectivity index (χ2v) is 8.62. The number of alkyl halides is 3. The summed E-state index contributed by atoms with van der Waals surface area (Å²) < 4.78 is 43.9. The van der Waals surface area contributed by atoms with Crippen LogP contribution in [0.15, 0.2) is 65.6 Å². The van der Waals surface area contributed by atoms with Gasteiger partial charge in [0.25, 0.3) is 5.91 Å². The SMILES string of the molecule is COc1cc(Cl)c(C)cc1NC(=O)c1ccccc1NC(=O)CSc1cccc(C(F)(F)F)c1. The van der Waals surface area contributed by atoms with Crippen LogP contribution < -0.4 is 15.4 Å². The van der Waals surface area contributed by atoms with E-state index in [0.717, 1.165) is 29.5 Å². The predicted molar refractivity (Wildman–Crippen MR) is 128 cm³/mol. The smallest absolute Gasteiger partial charge is 0.416 e. The number of thioether (sulfide) groups is 1. The van der Waals surface area contributed by atoms with E-state index in [1.54, 1.807) is 43.3 Å². The highest BCUT2D eigenvalue weighted by Gasteiger charge is 2.30. The molecular weight excluding hydrogens is 489 g/mol. The van der Waals surface area contributed by atoms with Gasteiger partial charge in [-0.1, -0.05) is 29.8 Å². The molecule has 34 heavy (non-hydrogen) atoms. The number of carbonyl (C=O) groups excluding carboxylic acids is 2. The van der Waals surface area contributed by atoms with Crippen molar-refractivity contribution in [2.45, 2.75) is 18.0 Å². The van der Waals surface area contributed by atoms with Crippen LogP contribution in [0.25, 0.3) is 0 Å². The fraction of sp³-hybridized carbons (Fsp3) is 0.167. The van der Waals surface area contributed by atoms with Crippen molar-refractivity contribution in [2.75, 3.05) is 23.5 Å². The summed E-state index contributed by atoms with van der Waals surface area (Å²) in [6, 6.07) is 14.4. The first kappa shape index (κ1) is 25.5. The molecule has 3 aromatic rings. The van der Waals surface area contributed by atoms with Crippen LogP contribution in [0.2, 0.25) is 5.02 Å². The average molecular weight is 509 g/mol. The minimum atomic E-state index is -4.46. The Kier molecular flexibility index (Phi) is 8.11. The minimum Gasteiger partial charge on any atom is -0.495 e. The lowest BCUT2D eigenvalue weighted by molar-refractivity contribution is -0.137. The number of nitrogens with one attached hydrogen (secondary N) is 2. The van der Waals surface area contributed by atoms with Gasteiger partial charge in [-0.25, -0.2) is 0 Å². The lowest BCUT2D eigenvalue weighted by Crippen LogP contribution is -2.19. The third-order valence-corrected chi connectivity index (χ3v) is 6.11. The Bertz CT molecular complexity index is 1220. The highest BCUT2D eigenvalue weighted by molar-refractivity contribution is 8.00. The molecule has 0 saturated heterocycles. The van der Waals surface area contributed by atoms with Crippen molar-refractivity contribution >= 4 is 46.6 Å². The van der Waals surface area contributed by atoms with Crippen molar-refractivity contribution in [1.29, 1.82) is 0 Å². The van der Waals surface area contributed by atoms with Gasteiger partial charge in [0.1, 0.15) is 5.75 Å². The maximum atomic E-state index is 12.9. The van der Waals surface area contributed by atoms with Crippen molar-refractivity contribution in [1.82, 2.24) is 0 Å².